The van der Waals surface area contributed by atoms with E-state index in [1.165, 1.54) is 23.6 Å². The summed E-state index contributed by atoms with van der Waals surface area (Å²) in [5.74, 6) is -0.167. The molecule has 0 aliphatic heterocycles. The van der Waals surface area contributed by atoms with Crippen LogP contribution >= 0.6 is 11.3 Å². The predicted octanol–water partition coefficient (Wildman–Crippen LogP) is 3.35. The Morgan fingerprint density at radius 1 is 1.19 bits per heavy atom. The summed E-state index contributed by atoms with van der Waals surface area (Å²) in [6.45, 7) is 10.00. The van der Waals surface area contributed by atoms with Crippen molar-refractivity contribution in [3.05, 3.63) is 46.0 Å². The third-order valence-corrected chi connectivity index (χ3v) is 5.30. The Kier molecular flexibility index (Phi) is 4.69. The number of primary amides is 1. The molecular formula is C19H21N5O2S. The van der Waals surface area contributed by atoms with Gasteiger partial charge < -0.3 is 11.1 Å². The van der Waals surface area contributed by atoms with Crippen LogP contribution in [0.25, 0.3) is 10.2 Å². The summed E-state index contributed by atoms with van der Waals surface area (Å²) in [5.41, 5.74) is 7.31. The van der Waals surface area contributed by atoms with E-state index >= 15 is 0 Å². The number of aryl methyl sites for hydroxylation is 2. The molecule has 0 aliphatic carbocycles. The second-order valence-electron chi connectivity index (χ2n) is 7.37. The molecule has 27 heavy (non-hydrogen) atoms. The zero-order valence-corrected chi connectivity index (χ0v) is 16.7. The molecule has 0 aliphatic rings. The fraction of sp³-hybridized carbons (Fsp3) is 0.316. The number of nitrogens with zero attached hydrogens (tertiary/aromatic N) is 3. The highest BCUT2D eigenvalue weighted by molar-refractivity contribution is 7.20. The Bertz CT molecular complexity index is 1070. The summed E-state index contributed by atoms with van der Waals surface area (Å²) < 4.78 is 0. The first-order valence-electron chi connectivity index (χ1n) is 8.43. The number of nitrogens with two attached hydrogens (primary N) is 1. The van der Waals surface area contributed by atoms with Gasteiger partial charge in [-0.25, -0.2) is 9.97 Å². The third kappa shape index (κ3) is 3.66. The highest BCUT2D eigenvalue weighted by Crippen LogP contribution is 2.33. The van der Waals surface area contributed by atoms with Gasteiger partial charge in [0.2, 0.25) is 0 Å². The lowest BCUT2D eigenvalue weighted by molar-refractivity contribution is 0.0992. The number of anilines is 1. The van der Waals surface area contributed by atoms with Gasteiger partial charge in [-0.15, -0.1) is 11.3 Å². The molecule has 3 aromatic heterocycles. The number of aromatic nitrogens is 3. The Labute approximate surface area is 161 Å². The van der Waals surface area contributed by atoms with Gasteiger partial charge in [-0.1, -0.05) is 20.8 Å². The molecule has 0 radical (unpaired) electrons. The van der Waals surface area contributed by atoms with Crippen molar-refractivity contribution in [2.45, 2.75) is 40.0 Å². The summed E-state index contributed by atoms with van der Waals surface area (Å²) in [5, 5.41) is 3.70. The van der Waals surface area contributed by atoms with Crippen LogP contribution in [0.2, 0.25) is 0 Å². The molecule has 3 N–H and O–H groups in total. The SMILES string of the molecule is Cc1nc(C(C)(C)C)nc2sc(C(=O)Nc3ccnc(C(N)=O)c3)c(C)c12. The van der Waals surface area contributed by atoms with Crippen LogP contribution in [0, 0.1) is 13.8 Å². The average Bonchev–Trinajstić information content (AvgIpc) is 2.91. The maximum absolute atomic E-state index is 12.8. The minimum Gasteiger partial charge on any atom is -0.364 e. The van der Waals surface area contributed by atoms with Crippen LogP contribution < -0.4 is 11.1 Å². The molecule has 0 fully saturated rings. The molecular weight excluding hydrogens is 362 g/mol. The van der Waals surface area contributed by atoms with Gasteiger partial charge >= 0.3 is 0 Å². The summed E-state index contributed by atoms with van der Waals surface area (Å²) in [6, 6.07) is 3.06. The second kappa shape index (κ2) is 6.70. The van der Waals surface area contributed by atoms with Crippen molar-refractivity contribution in [3.63, 3.8) is 0 Å². The number of fused-ring (bicyclic) bond motifs is 1. The average molecular weight is 383 g/mol. The van der Waals surface area contributed by atoms with Crippen LogP contribution in [0.5, 0.6) is 0 Å². The Hall–Kier alpha value is -2.87. The number of thiophene rings is 1. The molecule has 0 spiro atoms. The summed E-state index contributed by atoms with van der Waals surface area (Å²) in [7, 11) is 0. The van der Waals surface area contributed by atoms with Crippen molar-refractivity contribution < 1.29 is 9.59 Å². The Balaban J connectivity index is 2.00. The van der Waals surface area contributed by atoms with E-state index in [2.05, 4.69) is 41.0 Å². The molecule has 3 rings (SSSR count). The monoisotopic (exact) mass is 383 g/mol. The number of nitrogens with one attached hydrogen (secondary N) is 1. The van der Waals surface area contributed by atoms with Gasteiger partial charge in [0.1, 0.15) is 16.3 Å². The minimum atomic E-state index is -0.648. The van der Waals surface area contributed by atoms with Crippen molar-refractivity contribution in [1.82, 2.24) is 15.0 Å². The topological polar surface area (TPSA) is 111 Å². The van der Waals surface area contributed by atoms with Crippen LogP contribution in [0.4, 0.5) is 5.69 Å². The smallest absolute Gasteiger partial charge is 0.267 e. The largest absolute Gasteiger partial charge is 0.364 e. The van der Waals surface area contributed by atoms with E-state index in [1.807, 2.05) is 13.8 Å². The number of rotatable bonds is 3. The highest BCUT2D eigenvalue weighted by atomic mass is 32.1. The van der Waals surface area contributed by atoms with Crippen molar-refractivity contribution in [2.75, 3.05) is 5.32 Å². The van der Waals surface area contributed by atoms with Crippen molar-refractivity contribution in [1.29, 1.82) is 0 Å². The van der Waals surface area contributed by atoms with Gasteiger partial charge in [0.15, 0.2) is 0 Å². The molecule has 3 heterocycles. The number of pyridine rings is 1. The van der Waals surface area contributed by atoms with Gasteiger partial charge in [0.05, 0.1) is 10.6 Å². The Morgan fingerprint density at radius 3 is 2.52 bits per heavy atom. The third-order valence-electron chi connectivity index (χ3n) is 4.12. The fourth-order valence-corrected chi connectivity index (χ4v) is 3.85. The molecule has 0 atom stereocenters. The molecule has 0 saturated heterocycles. The van der Waals surface area contributed by atoms with Crippen LogP contribution in [-0.2, 0) is 5.41 Å². The normalized spacial score (nSPS) is 11.6. The van der Waals surface area contributed by atoms with Crippen LogP contribution in [0.15, 0.2) is 18.3 Å². The van der Waals surface area contributed by atoms with Crippen molar-refractivity contribution in [3.8, 4) is 0 Å². The number of hydrogen-bond donors (Lipinski definition) is 2. The van der Waals surface area contributed by atoms with E-state index in [4.69, 9.17) is 5.73 Å². The fourth-order valence-electron chi connectivity index (χ4n) is 2.72. The number of hydrogen-bond acceptors (Lipinski definition) is 6. The molecule has 0 aromatic carbocycles. The summed E-state index contributed by atoms with van der Waals surface area (Å²) >= 11 is 1.34. The minimum absolute atomic E-state index is 0.0948. The molecule has 2 amide bonds. The van der Waals surface area contributed by atoms with E-state index in [0.29, 0.717) is 10.6 Å². The molecule has 3 aromatic rings. The zero-order valence-electron chi connectivity index (χ0n) is 15.9. The van der Waals surface area contributed by atoms with E-state index < -0.39 is 5.91 Å². The van der Waals surface area contributed by atoms with E-state index in [9.17, 15) is 9.59 Å². The van der Waals surface area contributed by atoms with Gasteiger partial charge in [0, 0.05) is 22.7 Å². The Morgan fingerprint density at radius 2 is 1.89 bits per heavy atom. The van der Waals surface area contributed by atoms with Gasteiger partial charge in [-0.05, 0) is 31.5 Å². The maximum Gasteiger partial charge on any atom is 0.267 e. The molecule has 0 unspecified atom stereocenters. The first-order chi connectivity index (χ1) is 12.6. The standard InChI is InChI=1S/C19H21N5O2S/c1-9-13-10(2)22-18(19(3,4)5)24-17(13)27-14(9)16(26)23-11-6-7-21-12(8-11)15(20)25/h6-8H,1-5H3,(H2,20,25)(H,21,23,26). The van der Waals surface area contributed by atoms with E-state index in [0.717, 1.165) is 27.3 Å². The highest BCUT2D eigenvalue weighted by Gasteiger charge is 2.23. The number of amides is 2. The van der Waals surface area contributed by atoms with Gasteiger partial charge in [0.25, 0.3) is 11.8 Å². The van der Waals surface area contributed by atoms with Crippen molar-refractivity contribution >= 4 is 39.1 Å². The lowest BCUT2D eigenvalue weighted by atomic mass is 9.95. The molecule has 0 bridgehead atoms. The maximum atomic E-state index is 12.8. The number of carbonyl (C=O) groups excluding carboxylic acids is 2. The van der Waals surface area contributed by atoms with Gasteiger partial charge in [-0.3, -0.25) is 14.6 Å². The summed E-state index contributed by atoms with van der Waals surface area (Å²) in [6.07, 6.45) is 1.43. The van der Waals surface area contributed by atoms with Crippen LogP contribution in [0.1, 0.15) is 58.0 Å². The van der Waals surface area contributed by atoms with Crippen LogP contribution in [-0.4, -0.2) is 26.8 Å². The molecule has 8 heteroatoms. The zero-order chi connectivity index (χ0) is 19.9. The molecule has 0 saturated carbocycles. The lowest BCUT2D eigenvalue weighted by Gasteiger charge is -2.16. The van der Waals surface area contributed by atoms with E-state index in [1.54, 1.807) is 6.07 Å². The van der Waals surface area contributed by atoms with Gasteiger partial charge in [-0.2, -0.15) is 0 Å². The molecule has 140 valence electrons. The van der Waals surface area contributed by atoms with Crippen LogP contribution in [0.3, 0.4) is 0 Å². The first kappa shape index (κ1) is 18.9. The predicted molar refractivity (Wildman–Crippen MR) is 106 cm³/mol. The second-order valence-corrected chi connectivity index (χ2v) is 8.37. The van der Waals surface area contributed by atoms with E-state index in [-0.39, 0.29) is 17.0 Å². The first-order valence-corrected chi connectivity index (χ1v) is 9.25. The molecule has 7 nitrogen and oxygen atoms in total. The number of carbonyl (C=O) groups is 2. The van der Waals surface area contributed by atoms with Crippen molar-refractivity contribution in [2.24, 2.45) is 5.73 Å². The lowest BCUT2D eigenvalue weighted by Crippen LogP contribution is -2.16. The summed E-state index contributed by atoms with van der Waals surface area (Å²) in [4.78, 5) is 38.6. The quantitative estimate of drug-likeness (QED) is 0.720.